The number of fused-ring (bicyclic) bond motifs is 6. The molecule has 0 aromatic heterocycles. The zero-order valence-electron chi connectivity index (χ0n) is 44.4. The third-order valence-corrected chi connectivity index (χ3v) is 18.8. The minimum Gasteiger partial charge on any atom is -0.748 e. The smallest absolute Gasteiger partial charge is 0.333 e. The molecule has 27 nitrogen and oxygen atoms in total. The molecule has 1 unspecified atom stereocenters. The molecule has 2 amide bonds. The second-order valence-corrected chi connectivity index (χ2v) is 27.3. The minimum atomic E-state index is -5.53. The number of imide groups is 1. The lowest BCUT2D eigenvalue weighted by Gasteiger charge is -2.32. The number of nitrogens with zero attached hydrogens (tertiary/aromatic N) is 3. The molecule has 4 aliphatic rings. The monoisotopic (exact) mass is 1250 g/mol. The highest BCUT2D eigenvalue weighted by atomic mass is 32.2. The molecule has 1 atom stereocenters. The average molecular weight is 1250 g/mol. The number of aliphatic hydroxyl groups is 1. The Hall–Kier alpha value is -6.40. The third kappa shape index (κ3) is 12.6. The van der Waals surface area contributed by atoms with Crippen LogP contribution in [0.3, 0.4) is 0 Å². The Morgan fingerprint density at radius 2 is 1.23 bits per heavy atom. The molecule has 1 saturated heterocycles. The van der Waals surface area contributed by atoms with E-state index in [2.05, 4.69) is 0 Å². The molecule has 3 heterocycles. The first kappa shape index (κ1) is 62.6. The van der Waals surface area contributed by atoms with Gasteiger partial charge in [-0.3, -0.25) is 14.4 Å². The number of carbonyl (C=O) groups is 4. The van der Waals surface area contributed by atoms with Crippen molar-refractivity contribution in [2.75, 3.05) is 63.9 Å². The van der Waals surface area contributed by atoms with Gasteiger partial charge in [0.15, 0.2) is 5.71 Å². The Bertz CT molecular complexity index is 4170. The predicted molar refractivity (Wildman–Crippen MR) is 282 cm³/mol. The summed E-state index contributed by atoms with van der Waals surface area (Å²) in [5.41, 5.74) is -3.41. The second kappa shape index (κ2) is 22.9. The molecule has 1 fully saturated rings. The van der Waals surface area contributed by atoms with Crippen molar-refractivity contribution < 1.29 is 113 Å². The van der Waals surface area contributed by atoms with Crippen molar-refractivity contribution in [3.8, 4) is 0 Å². The van der Waals surface area contributed by atoms with E-state index in [1.165, 1.54) is 59.9 Å². The lowest BCUT2D eigenvalue weighted by molar-refractivity contribution is -0.438. The first-order valence-corrected chi connectivity index (χ1v) is 32.3. The molecule has 4 aromatic carbocycles. The van der Waals surface area contributed by atoms with Crippen molar-refractivity contribution in [1.29, 1.82) is 0 Å². The van der Waals surface area contributed by atoms with Crippen molar-refractivity contribution >= 4 is 113 Å². The Balaban J connectivity index is 1.30. The van der Waals surface area contributed by atoms with Gasteiger partial charge in [-0.25, -0.2) is 46.9 Å². The second-order valence-electron chi connectivity index (χ2n) is 20.3. The van der Waals surface area contributed by atoms with E-state index in [0.717, 1.165) is 12.1 Å². The zero-order chi connectivity index (χ0) is 61.2. The molecule has 448 valence electrons. The van der Waals surface area contributed by atoms with Crippen LogP contribution >= 0.6 is 0 Å². The number of amides is 2. The minimum absolute atomic E-state index is 0.0118. The summed E-state index contributed by atoms with van der Waals surface area (Å²) in [4.78, 5) is 54.3. The SMILES string of the molecule is COCCOCCOCCN1/C(=C/C2=C(O)C(=CC3=[N+](CCCC(=O)ON4C(=O)CCC4=O)c4ccc5c(S(=O)(=O)[O-])cc(S(=O)(=O)[O-])cc5c4C3(C)C)C2=O)C(C)(CCCS(=O)(=O)[O-])c2c1ccc1c(S(=O)(=O)[O-])cc(S(=O)(=O)[O-])cc21. The Morgan fingerprint density at radius 1 is 0.687 bits per heavy atom. The maximum atomic E-state index is 14.8. The van der Waals surface area contributed by atoms with Crippen LogP contribution in [0, 0.1) is 0 Å². The van der Waals surface area contributed by atoms with Crippen molar-refractivity contribution in [1.82, 2.24) is 5.06 Å². The topological polar surface area (TPSA) is 421 Å². The van der Waals surface area contributed by atoms with Gasteiger partial charge in [-0.05, 0) is 97.8 Å². The number of rotatable bonds is 24. The molecule has 8 rings (SSSR count). The highest BCUT2D eigenvalue weighted by molar-refractivity contribution is 7.87. The van der Waals surface area contributed by atoms with E-state index in [9.17, 15) is 89.1 Å². The van der Waals surface area contributed by atoms with E-state index in [1.54, 1.807) is 13.8 Å². The van der Waals surface area contributed by atoms with E-state index in [4.69, 9.17) is 19.0 Å². The first-order chi connectivity index (χ1) is 38.5. The predicted octanol–water partition coefficient (Wildman–Crippen LogP) is 2.36. The van der Waals surface area contributed by atoms with Crippen LogP contribution in [0.5, 0.6) is 0 Å². The number of ether oxygens (including phenoxy) is 3. The summed E-state index contributed by atoms with van der Waals surface area (Å²) in [5, 5.41) is 11.3. The normalized spacial score (nSPS) is 19.5. The Labute approximate surface area is 476 Å². The summed E-state index contributed by atoms with van der Waals surface area (Å²) in [5.74, 6) is -5.04. The highest BCUT2D eigenvalue weighted by Gasteiger charge is 2.50. The number of ketones is 1. The van der Waals surface area contributed by atoms with Crippen LogP contribution in [0.25, 0.3) is 21.5 Å². The summed E-state index contributed by atoms with van der Waals surface area (Å²) in [6.45, 7) is 4.73. The molecule has 32 heteroatoms. The van der Waals surface area contributed by atoms with Gasteiger partial charge in [-0.15, -0.1) is 5.06 Å². The molecule has 3 aliphatic heterocycles. The number of hydrogen-bond acceptors (Lipinski definition) is 25. The van der Waals surface area contributed by atoms with Crippen molar-refractivity contribution in [3.05, 3.63) is 94.4 Å². The Morgan fingerprint density at radius 3 is 1.76 bits per heavy atom. The van der Waals surface area contributed by atoms with Gasteiger partial charge in [0.2, 0.25) is 11.5 Å². The molecule has 1 N–H and O–H groups in total. The molecule has 83 heavy (non-hydrogen) atoms. The maximum absolute atomic E-state index is 14.8. The van der Waals surface area contributed by atoms with E-state index in [1.807, 2.05) is 0 Å². The van der Waals surface area contributed by atoms with Gasteiger partial charge in [0, 0.05) is 78.6 Å². The van der Waals surface area contributed by atoms with Gasteiger partial charge in [0.05, 0.1) is 85.7 Å². The van der Waals surface area contributed by atoms with Crippen LogP contribution in [-0.4, -0.2) is 168 Å². The van der Waals surface area contributed by atoms with E-state index < -0.39 is 140 Å². The molecule has 0 spiro atoms. The first-order valence-electron chi connectivity index (χ1n) is 25.1. The van der Waals surface area contributed by atoms with Gasteiger partial charge in [0.25, 0.3) is 11.8 Å². The summed E-state index contributed by atoms with van der Waals surface area (Å²) in [6, 6.07) is 7.59. The molecule has 0 saturated carbocycles. The van der Waals surface area contributed by atoms with Crippen LogP contribution in [0.1, 0.15) is 70.4 Å². The largest absolute Gasteiger partial charge is 0.748 e. The summed E-state index contributed by atoms with van der Waals surface area (Å²) >= 11 is 0. The maximum Gasteiger partial charge on any atom is 0.333 e. The van der Waals surface area contributed by atoms with Crippen molar-refractivity contribution in [2.24, 2.45) is 0 Å². The van der Waals surface area contributed by atoms with Crippen LogP contribution in [0.2, 0.25) is 0 Å². The summed E-state index contributed by atoms with van der Waals surface area (Å²) < 4.78 is 205. The number of allylic oxidation sites excluding steroid dienone is 5. The fourth-order valence-corrected chi connectivity index (χ4v) is 14.0. The number of methoxy groups -OCH3 is 1. The van der Waals surface area contributed by atoms with Gasteiger partial charge in [0.1, 0.15) is 52.8 Å². The van der Waals surface area contributed by atoms with Crippen LogP contribution in [0.15, 0.2) is 103 Å². The molecular formula is C51H51N3O24S5-4. The van der Waals surface area contributed by atoms with E-state index >= 15 is 0 Å². The number of benzene rings is 4. The lowest BCUT2D eigenvalue weighted by Crippen LogP contribution is -2.34. The third-order valence-electron chi connectivity index (χ3n) is 14.6. The van der Waals surface area contributed by atoms with E-state index in [0.29, 0.717) is 17.2 Å². The molecule has 0 bridgehead atoms. The highest BCUT2D eigenvalue weighted by Crippen LogP contribution is 2.55. The Kier molecular flexibility index (Phi) is 17.3. The van der Waals surface area contributed by atoms with Crippen LogP contribution in [0.4, 0.5) is 11.4 Å². The number of aliphatic hydroxyl groups excluding tert-OH is 1. The van der Waals surface area contributed by atoms with Gasteiger partial charge >= 0.3 is 5.97 Å². The van der Waals surface area contributed by atoms with Gasteiger partial charge in [-0.1, -0.05) is 6.07 Å². The standard InChI is InChI=1S/C51H55N3O24S5/c1-50(2)41(52(15-5-7-45(57)78-54-43(55)12-13-44(54)56)37-10-8-31-33(46(37)50)23-29(80(63,64)65)25-39(31)82(69,70)71)27-35-48(58)36(49(35)59)28-42-51(3,14-6-22-79(60,61)62)47-34-24-30(81(66,67)68)26-40(83(72,73)74)32(34)9-11-38(47)53(42)16-17-76-20-21-77-19-18-75-4/h8-11,23-28H,5-7,12-22H2,1-4H3,(H5-,58,59,60,61,62,63,64,65,66,67,68,69,70,71,72,73,74)/p-4. The summed E-state index contributed by atoms with van der Waals surface area (Å²) in [7, 11) is -25.4. The van der Waals surface area contributed by atoms with Crippen molar-refractivity contribution in [3.63, 3.8) is 0 Å². The molecule has 1 aliphatic carbocycles. The number of hydrogen-bond donors (Lipinski definition) is 1. The molecule has 4 aromatic rings. The molecule has 0 radical (unpaired) electrons. The van der Waals surface area contributed by atoms with Gasteiger partial charge < -0.3 is 51.8 Å². The van der Waals surface area contributed by atoms with Crippen LogP contribution in [-0.2, 0) is 99.6 Å². The molecular weight excluding hydrogens is 1200 g/mol. The quantitative estimate of drug-likeness (QED) is 0.0346. The van der Waals surface area contributed by atoms with Gasteiger partial charge in [-0.2, -0.15) is 4.58 Å². The van der Waals surface area contributed by atoms with Crippen LogP contribution < -0.4 is 4.90 Å². The lowest BCUT2D eigenvalue weighted by atomic mass is 9.74. The van der Waals surface area contributed by atoms with Crippen molar-refractivity contribution in [2.45, 2.75) is 89.7 Å². The number of Topliss-reactive ketones (excluding diaryl/α,β-unsaturated/α-hetero) is 1. The van der Waals surface area contributed by atoms with E-state index in [-0.39, 0.29) is 127 Å². The summed E-state index contributed by atoms with van der Waals surface area (Å²) in [6.07, 6.45) is 0.721. The fourth-order valence-electron chi connectivity index (χ4n) is 10.9. The fraction of sp³-hybridized carbons (Fsp3) is 0.392. The number of carbonyl (C=O) groups excluding carboxylic acids is 4. The average Bonchev–Trinajstić information content (AvgIpc) is 1.74. The number of hydroxylamine groups is 2. The number of anilines is 1. The zero-order valence-corrected chi connectivity index (χ0v) is 48.5.